The number of carbonyl (C=O) groups is 1. The standard InChI is InChI=1S/C13H18ClN7O/c1-8(21-7-10(14)6-16-21)12(22)20-4-2-9(3-5-20)11-17-13(15)19-18-11/h6-9H,2-5H2,1H3,(H3,15,17,18,19). The lowest BCUT2D eigenvalue weighted by atomic mass is 9.96. The molecule has 118 valence electrons. The van der Waals surface area contributed by atoms with Gasteiger partial charge in [-0.15, -0.1) is 5.10 Å². The largest absolute Gasteiger partial charge is 0.367 e. The lowest BCUT2D eigenvalue weighted by Crippen LogP contribution is -2.41. The molecule has 0 radical (unpaired) electrons. The number of hydrogen-bond acceptors (Lipinski definition) is 5. The number of nitrogens with one attached hydrogen (secondary N) is 1. The number of carbonyl (C=O) groups excluding carboxylic acids is 1. The van der Waals surface area contributed by atoms with E-state index in [9.17, 15) is 4.79 Å². The maximum Gasteiger partial charge on any atom is 0.247 e. The molecule has 22 heavy (non-hydrogen) atoms. The van der Waals surface area contributed by atoms with E-state index in [0.717, 1.165) is 18.7 Å². The summed E-state index contributed by atoms with van der Waals surface area (Å²) in [4.78, 5) is 18.5. The Morgan fingerprint density at radius 3 is 2.77 bits per heavy atom. The van der Waals surface area contributed by atoms with Gasteiger partial charge in [-0.1, -0.05) is 11.6 Å². The van der Waals surface area contributed by atoms with Gasteiger partial charge in [-0.2, -0.15) is 10.1 Å². The highest BCUT2D eigenvalue weighted by atomic mass is 35.5. The van der Waals surface area contributed by atoms with Crippen LogP contribution in [0.25, 0.3) is 0 Å². The molecule has 1 aliphatic heterocycles. The average Bonchev–Trinajstić information content (AvgIpc) is 3.14. The van der Waals surface area contributed by atoms with Crippen molar-refractivity contribution in [3.05, 3.63) is 23.2 Å². The van der Waals surface area contributed by atoms with Crippen molar-refractivity contribution in [2.24, 2.45) is 0 Å². The minimum Gasteiger partial charge on any atom is -0.367 e. The molecule has 3 N–H and O–H groups in total. The molecule has 3 rings (SSSR count). The molecule has 0 spiro atoms. The molecule has 0 bridgehead atoms. The number of anilines is 1. The molecule has 3 heterocycles. The van der Waals surface area contributed by atoms with Crippen LogP contribution in [0.5, 0.6) is 0 Å². The SMILES string of the molecule is CC(C(=O)N1CCC(c2nc(N)n[nH]2)CC1)n1cc(Cl)cn1. The molecule has 9 heteroatoms. The van der Waals surface area contributed by atoms with Crippen molar-refractivity contribution in [2.75, 3.05) is 18.8 Å². The molecule has 0 saturated carbocycles. The Hall–Kier alpha value is -2.09. The molecule has 0 aliphatic carbocycles. The number of rotatable bonds is 3. The van der Waals surface area contributed by atoms with Crippen LogP contribution in [0.2, 0.25) is 5.02 Å². The van der Waals surface area contributed by atoms with Crippen LogP contribution in [0.15, 0.2) is 12.4 Å². The van der Waals surface area contributed by atoms with Crippen LogP contribution in [0.1, 0.15) is 37.5 Å². The van der Waals surface area contributed by atoms with Crippen LogP contribution in [-0.4, -0.2) is 48.9 Å². The molecule has 1 saturated heterocycles. The fourth-order valence-electron chi connectivity index (χ4n) is 2.75. The molecule has 2 aromatic heterocycles. The van der Waals surface area contributed by atoms with Crippen LogP contribution < -0.4 is 5.73 Å². The van der Waals surface area contributed by atoms with Crippen molar-refractivity contribution < 1.29 is 4.79 Å². The van der Waals surface area contributed by atoms with E-state index in [0.29, 0.717) is 18.1 Å². The molecule has 1 fully saturated rings. The van der Waals surface area contributed by atoms with Crippen LogP contribution in [0.4, 0.5) is 5.95 Å². The zero-order chi connectivity index (χ0) is 15.7. The lowest BCUT2D eigenvalue weighted by molar-refractivity contribution is -0.135. The van der Waals surface area contributed by atoms with Gasteiger partial charge in [-0.05, 0) is 19.8 Å². The predicted molar refractivity (Wildman–Crippen MR) is 81.3 cm³/mol. The fraction of sp³-hybridized carbons (Fsp3) is 0.538. The summed E-state index contributed by atoms with van der Waals surface area (Å²) in [5.74, 6) is 1.38. The molecule has 8 nitrogen and oxygen atoms in total. The third-order valence-electron chi connectivity index (χ3n) is 4.04. The maximum absolute atomic E-state index is 12.5. The Morgan fingerprint density at radius 2 is 2.23 bits per heavy atom. The second kappa shape index (κ2) is 5.96. The topological polar surface area (TPSA) is 106 Å². The predicted octanol–water partition coefficient (Wildman–Crippen LogP) is 1.20. The van der Waals surface area contributed by atoms with Crippen LogP contribution >= 0.6 is 11.6 Å². The minimum absolute atomic E-state index is 0.0512. The number of H-pyrrole nitrogens is 1. The van der Waals surface area contributed by atoms with Gasteiger partial charge >= 0.3 is 0 Å². The van der Waals surface area contributed by atoms with E-state index in [-0.39, 0.29) is 23.8 Å². The van der Waals surface area contributed by atoms with Gasteiger partial charge in [-0.3, -0.25) is 14.6 Å². The third-order valence-corrected chi connectivity index (χ3v) is 4.23. The molecule has 1 atom stereocenters. The summed E-state index contributed by atoms with van der Waals surface area (Å²) >= 11 is 5.85. The number of hydrogen-bond donors (Lipinski definition) is 2. The Labute approximate surface area is 132 Å². The number of piperidine rings is 1. The van der Waals surface area contributed by atoms with Gasteiger partial charge in [0.2, 0.25) is 11.9 Å². The zero-order valence-electron chi connectivity index (χ0n) is 12.2. The quantitative estimate of drug-likeness (QED) is 0.883. The highest BCUT2D eigenvalue weighted by molar-refractivity contribution is 6.30. The highest BCUT2D eigenvalue weighted by Gasteiger charge is 2.29. The number of nitrogens with two attached hydrogens (primary N) is 1. The first kappa shape index (κ1) is 14.8. The third kappa shape index (κ3) is 2.92. The highest BCUT2D eigenvalue weighted by Crippen LogP contribution is 2.27. The van der Waals surface area contributed by atoms with E-state index in [2.05, 4.69) is 20.3 Å². The zero-order valence-corrected chi connectivity index (χ0v) is 13.0. The summed E-state index contributed by atoms with van der Waals surface area (Å²) in [6.45, 7) is 3.20. The number of aromatic amines is 1. The molecular formula is C13H18ClN7O. The lowest BCUT2D eigenvalue weighted by Gasteiger charge is -2.32. The summed E-state index contributed by atoms with van der Waals surface area (Å²) < 4.78 is 1.59. The van der Waals surface area contributed by atoms with Crippen LogP contribution in [0.3, 0.4) is 0 Å². The Bertz CT molecular complexity index is 659. The number of likely N-dealkylation sites (tertiary alicyclic amines) is 1. The van der Waals surface area contributed by atoms with Crippen LogP contribution in [0, 0.1) is 0 Å². The number of nitrogen functional groups attached to an aromatic ring is 1. The number of halogens is 1. The van der Waals surface area contributed by atoms with E-state index >= 15 is 0 Å². The fourth-order valence-corrected chi connectivity index (χ4v) is 2.89. The summed E-state index contributed by atoms with van der Waals surface area (Å²) in [5, 5.41) is 11.3. The van der Waals surface area contributed by atoms with Gasteiger partial charge in [0.05, 0.1) is 11.2 Å². The van der Waals surface area contributed by atoms with Crippen molar-refractivity contribution in [1.29, 1.82) is 0 Å². The first-order valence-electron chi connectivity index (χ1n) is 7.21. The minimum atomic E-state index is -0.357. The molecule has 2 aromatic rings. The smallest absolute Gasteiger partial charge is 0.247 e. The van der Waals surface area contributed by atoms with E-state index in [1.807, 2.05) is 11.8 Å². The number of aromatic nitrogens is 5. The average molecular weight is 324 g/mol. The monoisotopic (exact) mass is 323 g/mol. The Balaban J connectivity index is 1.60. The maximum atomic E-state index is 12.5. The molecule has 0 aromatic carbocycles. The first-order valence-corrected chi connectivity index (χ1v) is 7.58. The van der Waals surface area contributed by atoms with E-state index in [1.54, 1.807) is 10.9 Å². The summed E-state index contributed by atoms with van der Waals surface area (Å²) in [7, 11) is 0. The molecular weight excluding hydrogens is 306 g/mol. The van der Waals surface area contributed by atoms with Gasteiger partial charge in [0.15, 0.2) is 0 Å². The first-order chi connectivity index (χ1) is 10.5. The van der Waals surface area contributed by atoms with Gasteiger partial charge in [0, 0.05) is 25.2 Å². The van der Waals surface area contributed by atoms with Crippen molar-refractivity contribution in [3.8, 4) is 0 Å². The summed E-state index contributed by atoms with van der Waals surface area (Å²) in [6.07, 6.45) is 4.87. The molecule has 1 unspecified atom stereocenters. The normalized spacial score (nSPS) is 17.6. The summed E-state index contributed by atoms with van der Waals surface area (Å²) in [6, 6.07) is -0.357. The second-order valence-electron chi connectivity index (χ2n) is 5.49. The van der Waals surface area contributed by atoms with Crippen LogP contribution in [-0.2, 0) is 4.79 Å². The van der Waals surface area contributed by atoms with Gasteiger partial charge < -0.3 is 10.6 Å². The van der Waals surface area contributed by atoms with Crippen molar-refractivity contribution in [3.63, 3.8) is 0 Å². The Morgan fingerprint density at radius 1 is 1.50 bits per heavy atom. The van der Waals surface area contributed by atoms with E-state index in [4.69, 9.17) is 17.3 Å². The van der Waals surface area contributed by atoms with Crippen molar-refractivity contribution >= 4 is 23.5 Å². The van der Waals surface area contributed by atoms with Gasteiger partial charge in [-0.25, -0.2) is 0 Å². The van der Waals surface area contributed by atoms with E-state index in [1.165, 1.54) is 6.20 Å². The van der Waals surface area contributed by atoms with Gasteiger partial charge in [0.1, 0.15) is 11.9 Å². The number of nitrogens with zero attached hydrogens (tertiary/aromatic N) is 5. The number of amides is 1. The second-order valence-corrected chi connectivity index (χ2v) is 5.93. The molecule has 1 aliphatic rings. The van der Waals surface area contributed by atoms with Crippen molar-refractivity contribution in [1.82, 2.24) is 29.9 Å². The van der Waals surface area contributed by atoms with E-state index < -0.39 is 0 Å². The van der Waals surface area contributed by atoms with Gasteiger partial charge in [0.25, 0.3) is 0 Å². The molecule has 1 amide bonds. The van der Waals surface area contributed by atoms with Crippen molar-refractivity contribution in [2.45, 2.75) is 31.7 Å². The Kier molecular flexibility index (Phi) is 4.02. The summed E-state index contributed by atoms with van der Waals surface area (Å²) in [5.41, 5.74) is 5.53.